The van der Waals surface area contributed by atoms with Crippen LogP contribution >= 0.6 is 0 Å². The van der Waals surface area contributed by atoms with Crippen LogP contribution in [0.15, 0.2) is 30.3 Å². The van der Waals surface area contributed by atoms with Gasteiger partial charge in [-0.3, -0.25) is 4.90 Å². The van der Waals surface area contributed by atoms with E-state index >= 15 is 0 Å². The third-order valence-electron chi connectivity index (χ3n) is 4.91. The molecule has 4 nitrogen and oxygen atoms in total. The molecule has 1 aliphatic heterocycles. The number of aryl methyl sites for hydroxylation is 1. The van der Waals surface area contributed by atoms with Crippen LogP contribution in [0.3, 0.4) is 0 Å². The fourth-order valence-corrected chi connectivity index (χ4v) is 3.29. The molecule has 3 rings (SSSR count). The topological polar surface area (TPSA) is 32.3 Å². The summed E-state index contributed by atoms with van der Waals surface area (Å²) in [5, 5.41) is 0. The second-order valence-electron chi connectivity index (χ2n) is 7.13. The molecule has 25 heavy (non-hydrogen) atoms. The van der Waals surface area contributed by atoms with E-state index in [0.717, 1.165) is 49.1 Å². The van der Waals surface area contributed by atoms with Gasteiger partial charge >= 0.3 is 0 Å². The Labute approximate surface area is 149 Å². The fraction of sp³-hybridized carbons (Fsp3) is 0.500. The fourth-order valence-electron chi connectivity index (χ4n) is 3.29. The molecule has 0 unspecified atom stereocenters. The average Bonchev–Trinajstić information content (AvgIpc) is 2.61. The maximum absolute atomic E-state index is 13.1. The molecule has 2 heterocycles. The van der Waals surface area contributed by atoms with E-state index in [2.05, 4.69) is 41.6 Å². The molecule has 1 atom stereocenters. The Morgan fingerprint density at radius 2 is 1.60 bits per heavy atom. The molecule has 0 amide bonds. The van der Waals surface area contributed by atoms with E-state index in [1.807, 2.05) is 19.1 Å². The van der Waals surface area contributed by atoms with E-state index in [9.17, 15) is 4.39 Å². The summed E-state index contributed by atoms with van der Waals surface area (Å²) < 4.78 is 13.1. The van der Waals surface area contributed by atoms with Gasteiger partial charge in [-0.15, -0.1) is 0 Å². The molecule has 0 N–H and O–H groups in total. The molecular weight excluding hydrogens is 315 g/mol. The van der Waals surface area contributed by atoms with Gasteiger partial charge in [-0.1, -0.05) is 26.0 Å². The summed E-state index contributed by atoms with van der Waals surface area (Å²) in [6, 6.07) is 9.22. The SMILES string of the molecule is Cc1cc(N2CCN([C@H](C)c3ccc(F)cc3)CC2)nc(C(C)C)n1. The van der Waals surface area contributed by atoms with Crippen molar-refractivity contribution in [1.82, 2.24) is 14.9 Å². The van der Waals surface area contributed by atoms with Crippen LogP contribution in [0, 0.1) is 12.7 Å². The minimum Gasteiger partial charge on any atom is -0.354 e. The lowest BCUT2D eigenvalue weighted by Gasteiger charge is -2.39. The monoisotopic (exact) mass is 342 g/mol. The number of rotatable bonds is 4. The second-order valence-corrected chi connectivity index (χ2v) is 7.13. The highest BCUT2D eigenvalue weighted by Crippen LogP contribution is 2.24. The Hall–Kier alpha value is -2.01. The van der Waals surface area contributed by atoms with Crippen LogP contribution in [0.4, 0.5) is 10.2 Å². The molecule has 1 aromatic heterocycles. The number of aromatic nitrogens is 2. The molecule has 134 valence electrons. The van der Waals surface area contributed by atoms with Crippen molar-refractivity contribution < 1.29 is 4.39 Å². The summed E-state index contributed by atoms with van der Waals surface area (Å²) in [6.07, 6.45) is 0. The number of hydrogen-bond acceptors (Lipinski definition) is 4. The molecule has 5 heteroatoms. The molecule has 0 saturated carbocycles. The van der Waals surface area contributed by atoms with E-state index in [1.54, 1.807) is 12.1 Å². The average molecular weight is 342 g/mol. The quantitative estimate of drug-likeness (QED) is 0.843. The first kappa shape index (κ1) is 17.8. The van der Waals surface area contributed by atoms with E-state index < -0.39 is 0 Å². The van der Waals surface area contributed by atoms with Crippen molar-refractivity contribution in [3.8, 4) is 0 Å². The summed E-state index contributed by atoms with van der Waals surface area (Å²) in [5.41, 5.74) is 2.19. The normalized spacial score (nSPS) is 17.1. The Morgan fingerprint density at radius 1 is 0.960 bits per heavy atom. The van der Waals surface area contributed by atoms with E-state index in [1.165, 1.54) is 0 Å². The Morgan fingerprint density at radius 3 is 2.20 bits per heavy atom. The summed E-state index contributed by atoms with van der Waals surface area (Å²) >= 11 is 0. The van der Waals surface area contributed by atoms with E-state index in [4.69, 9.17) is 4.98 Å². The third-order valence-corrected chi connectivity index (χ3v) is 4.91. The van der Waals surface area contributed by atoms with Crippen molar-refractivity contribution in [2.75, 3.05) is 31.1 Å². The lowest BCUT2D eigenvalue weighted by molar-refractivity contribution is 0.198. The molecule has 1 aromatic carbocycles. The summed E-state index contributed by atoms with van der Waals surface area (Å²) in [5.74, 6) is 2.10. The van der Waals surface area contributed by atoms with Gasteiger partial charge < -0.3 is 4.90 Å². The van der Waals surface area contributed by atoms with Crippen molar-refractivity contribution >= 4 is 5.82 Å². The molecule has 0 radical (unpaired) electrons. The number of hydrogen-bond donors (Lipinski definition) is 0. The molecule has 2 aromatic rings. The molecule has 1 saturated heterocycles. The zero-order valence-corrected chi connectivity index (χ0v) is 15.5. The zero-order chi connectivity index (χ0) is 18.0. The van der Waals surface area contributed by atoms with Crippen LogP contribution in [-0.2, 0) is 0 Å². The molecule has 0 spiro atoms. The van der Waals surface area contributed by atoms with Gasteiger partial charge in [0.2, 0.25) is 0 Å². The van der Waals surface area contributed by atoms with Gasteiger partial charge in [-0.25, -0.2) is 14.4 Å². The minimum atomic E-state index is -0.180. The highest BCUT2D eigenvalue weighted by Gasteiger charge is 2.23. The Kier molecular flexibility index (Phi) is 5.33. The first-order valence-electron chi connectivity index (χ1n) is 9.04. The first-order valence-corrected chi connectivity index (χ1v) is 9.04. The predicted octanol–water partition coefficient (Wildman–Crippen LogP) is 3.93. The largest absolute Gasteiger partial charge is 0.354 e. The predicted molar refractivity (Wildman–Crippen MR) is 99.5 cm³/mol. The van der Waals surface area contributed by atoms with Crippen LogP contribution in [0.5, 0.6) is 0 Å². The minimum absolute atomic E-state index is 0.180. The molecule has 0 aliphatic carbocycles. The number of halogens is 1. The highest BCUT2D eigenvalue weighted by molar-refractivity contribution is 5.40. The van der Waals surface area contributed by atoms with Gasteiger partial charge in [0.1, 0.15) is 17.5 Å². The third kappa shape index (κ3) is 4.15. The maximum Gasteiger partial charge on any atom is 0.133 e. The lowest BCUT2D eigenvalue weighted by atomic mass is 10.1. The van der Waals surface area contributed by atoms with E-state index in [-0.39, 0.29) is 5.82 Å². The summed E-state index contributed by atoms with van der Waals surface area (Å²) in [7, 11) is 0. The number of nitrogens with zero attached hydrogens (tertiary/aromatic N) is 4. The molecule has 1 aliphatic rings. The summed E-state index contributed by atoms with van der Waals surface area (Å²) in [4.78, 5) is 14.1. The Bertz CT molecular complexity index is 706. The van der Waals surface area contributed by atoms with Gasteiger partial charge in [0.25, 0.3) is 0 Å². The number of anilines is 1. The van der Waals surface area contributed by atoms with E-state index in [0.29, 0.717) is 12.0 Å². The van der Waals surface area contributed by atoms with Gasteiger partial charge in [0, 0.05) is 49.9 Å². The Balaban J connectivity index is 1.66. The van der Waals surface area contributed by atoms with Gasteiger partial charge in [0.15, 0.2) is 0 Å². The van der Waals surface area contributed by atoms with Crippen molar-refractivity contribution in [3.05, 3.63) is 53.2 Å². The molecular formula is C20H27FN4. The number of benzene rings is 1. The maximum atomic E-state index is 13.1. The second kappa shape index (κ2) is 7.48. The summed E-state index contributed by atoms with van der Waals surface area (Å²) in [6.45, 7) is 12.3. The highest BCUT2D eigenvalue weighted by atomic mass is 19.1. The van der Waals surface area contributed by atoms with Crippen molar-refractivity contribution in [2.45, 2.75) is 39.7 Å². The van der Waals surface area contributed by atoms with Gasteiger partial charge in [-0.05, 0) is 31.5 Å². The molecule has 0 bridgehead atoms. The standard InChI is InChI=1S/C20H27FN4/c1-14(2)20-22-15(3)13-19(23-20)25-11-9-24(10-12-25)16(4)17-5-7-18(21)8-6-17/h5-8,13-14,16H,9-12H2,1-4H3/t16-/m1/s1. The van der Waals surface area contributed by atoms with Crippen LogP contribution in [0.2, 0.25) is 0 Å². The van der Waals surface area contributed by atoms with Crippen LogP contribution in [0.25, 0.3) is 0 Å². The van der Waals surface area contributed by atoms with Gasteiger partial charge in [0.05, 0.1) is 0 Å². The van der Waals surface area contributed by atoms with Crippen molar-refractivity contribution in [2.24, 2.45) is 0 Å². The van der Waals surface area contributed by atoms with Crippen LogP contribution < -0.4 is 4.90 Å². The van der Waals surface area contributed by atoms with Gasteiger partial charge in [-0.2, -0.15) is 0 Å². The van der Waals surface area contributed by atoms with Crippen molar-refractivity contribution in [3.63, 3.8) is 0 Å². The van der Waals surface area contributed by atoms with Crippen LogP contribution in [0.1, 0.15) is 49.8 Å². The lowest BCUT2D eigenvalue weighted by Crippen LogP contribution is -2.47. The smallest absolute Gasteiger partial charge is 0.133 e. The van der Waals surface area contributed by atoms with Crippen LogP contribution in [-0.4, -0.2) is 41.0 Å². The first-order chi connectivity index (χ1) is 11.9. The van der Waals surface area contributed by atoms with Crippen molar-refractivity contribution in [1.29, 1.82) is 0 Å². The number of piperazine rings is 1. The molecule has 1 fully saturated rings. The zero-order valence-electron chi connectivity index (χ0n) is 15.5.